The topological polar surface area (TPSA) is 52.6 Å². The van der Waals surface area contributed by atoms with Crippen molar-refractivity contribution in [3.05, 3.63) is 12.2 Å². The largest absolute Gasteiger partial charge is 0.466 e. The van der Waals surface area contributed by atoms with Crippen molar-refractivity contribution in [2.75, 3.05) is 13.2 Å². The van der Waals surface area contributed by atoms with Crippen molar-refractivity contribution >= 4 is 11.9 Å². The molecule has 0 bridgehead atoms. The molecule has 0 aromatic carbocycles. The summed E-state index contributed by atoms with van der Waals surface area (Å²) in [5.41, 5.74) is 0. The second kappa shape index (κ2) is 19.0. The van der Waals surface area contributed by atoms with Crippen molar-refractivity contribution in [2.24, 2.45) is 0 Å². The van der Waals surface area contributed by atoms with Gasteiger partial charge in [0, 0.05) is 0 Å². The molecular weight excluding hydrogens is 316 g/mol. The van der Waals surface area contributed by atoms with Gasteiger partial charge in [0.2, 0.25) is 0 Å². The van der Waals surface area contributed by atoms with Crippen molar-refractivity contribution in [1.82, 2.24) is 0 Å². The van der Waals surface area contributed by atoms with Gasteiger partial charge in [-0.25, -0.2) is 0 Å². The van der Waals surface area contributed by atoms with E-state index in [0.717, 1.165) is 25.7 Å². The van der Waals surface area contributed by atoms with Gasteiger partial charge in [-0.15, -0.1) is 0 Å². The fourth-order valence-corrected chi connectivity index (χ4v) is 2.47. The second-order valence-electron chi connectivity index (χ2n) is 6.44. The van der Waals surface area contributed by atoms with E-state index >= 15 is 0 Å². The number of rotatable bonds is 17. The highest BCUT2D eigenvalue weighted by Crippen LogP contribution is 2.09. The first-order valence-corrected chi connectivity index (χ1v) is 10.2. The van der Waals surface area contributed by atoms with E-state index in [9.17, 15) is 9.59 Å². The van der Waals surface area contributed by atoms with Gasteiger partial charge in [-0.05, 0) is 19.3 Å². The Hall–Kier alpha value is -1.32. The van der Waals surface area contributed by atoms with Crippen molar-refractivity contribution in [1.29, 1.82) is 0 Å². The number of carbonyl (C=O) groups is 2. The molecular formula is C21H38O4. The highest BCUT2D eigenvalue weighted by atomic mass is 16.5. The summed E-state index contributed by atoms with van der Waals surface area (Å²) in [7, 11) is 0. The predicted molar refractivity (Wildman–Crippen MR) is 102 cm³/mol. The number of ether oxygens (including phenoxy) is 2. The zero-order valence-electron chi connectivity index (χ0n) is 16.4. The summed E-state index contributed by atoms with van der Waals surface area (Å²) in [6.45, 7) is 5.13. The van der Waals surface area contributed by atoms with Gasteiger partial charge in [0.25, 0.3) is 0 Å². The molecule has 146 valence electrons. The lowest BCUT2D eigenvalue weighted by Gasteiger charge is -2.05. The number of hydrogen-bond acceptors (Lipinski definition) is 4. The Morgan fingerprint density at radius 1 is 0.680 bits per heavy atom. The van der Waals surface area contributed by atoms with Gasteiger partial charge in [0.15, 0.2) is 0 Å². The fourth-order valence-electron chi connectivity index (χ4n) is 2.47. The fraction of sp³-hybridized carbons (Fsp3) is 0.810. The van der Waals surface area contributed by atoms with Gasteiger partial charge in [0.05, 0.1) is 26.1 Å². The SMILES string of the molecule is CC/C=C/CCOC(=O)CCC(=O)OCCCCCCCCCCC. The van der Waals surface area contributed by atoms with Crippen molar-refractivity contribution in [2.45, 2.75) is 97.3 Å². The molecule has 4 nitrogen and oxygen atoms in total. The lowest BCUT2D eigenvalue weighted by Crippen LogP contribution is -2.11. The smallest absolute Gasteiger partial charge is 0.306 e. The third-order valence-corrected chi connectivity index (χ3v) is 3.99. The van der Waals surface area contributed by atoms with E-state index in [0.29, 0.717) is 13.2 Å². The zero-order valence-corrected chi connectivity index (χ0v) is 16.4. The van der Waals surface area contributed by atoms with Crippen LogP contribution < -0.4 is 0 Å². The van der Waals surface area contributed by atoms with E-state index in [4.69, 9.17) is 9.47 Å². The lowest BCUT2D eigenvalue weighted by atomic mass is 10.1. The average Bonchev–Trinajstić information content (AvgIpc) is 2.61. The molecule has 4 heteroatoms. The average molecular weight is 355 g/mol. The van der Waals surface area contributed by atoms with E-state index in [-0.39, 0.29) is 24.8 Å². The highest BCUT2D eigenvalue weighted by Gasteiger charge is 2.08. The first-order chi connectivity index (χ1) is 12.2. The van der Waals surface area contributed by atoms with E-state index < -0.39 is 0 Å². The third kappa shape index (κ3) is 18.9. The van der Waals surface area contributed by atoms with E-state index in [2.05, 4.69) is 13.8 Å². The van der Waals surface area contributed by atoms with Crippen LogP contribution in [0, 0.1) is 0 Å². The Labute approximate surface area is 154 Å². The van der Waals surface area contributed by atoms with Crippen LogP contribution in [-0.4, -0.2) is 25.2 Å². The molecule has 0 unspecified atom stereocenters. The van der Waals surface area contributed by atoms with Crippen LogP contribution in [0.3, 0.4) is 0 Å². The minimum Gasteiger partial charge on any atom is -0.466 e. The van der Waals surface area contributed by atoms with E-state index in [1.54, 1.807) is 0 Å². The van der Waals surface area contributed by atoms with Gasteiger partial charge in [0.1, 0.15) is 0 Å². The number of allylic oxidation sites excluding steroid dienone is 1. The molecule has 0 radical (unpaired) electrons. The minimum absolute atomic E-state index is 0.105. The molecule has 25 heavy (non-hydrogen) atoms. The van der Waals surface area contributed by atoms with Crippen LogP contribution in [0.1, 0.15) is 97.3 Å². The number of carbonyl (C=O) groups excluding carboxylic acids is 2. The minimum atomic E-state index is -0.329. The molecule has 0 spiro atoms. The summed E-state index contributed by atoms with van der Waals surface area (Å²) in [4.78, 5) is 23.0. The van der Waals surface area contributed by atoms with Gasteiger partial charge in [-0.2, -0.15) is 0 Å². The summed E-state index contributed by atoms with van der Waals surface area (Å²) in [6.07, 6.45) is 17.1. The standard InChI is InChI=1S/C21H38O4/c1-3-5-7-9-10-11-12-13-15-19-25-21(23)17-16-20(22)24-18-14-8-6-4-2/h6,8H,3-5,7,9-19H2,1-2H3/b8-6+. The summed E-state index contributed by atoms with van der Waals surface area (Å²) in [6, 6.07) is 0. The molecule has 0 fully saturated rings. The van der Waals surface area contributed by atoms with Crippen LogP contribution in [0.15, 0.2) is 12.2 Å². The van der Waals surface area contributed by atoms with Crippen molar-refractivity contribution < 1.29 is 19.1 Å². The van der Waals surface area contributed by atoms with E-state index in [1.807, 2.05) is 12.2 Å². The summed E-state index contributed by atoms with van der Waals surface area (Å²) >= 11 is 0. The Morgan fingerprint density at radius 2 is 1.20 bits per heavy atom. The summed E-state index contributed by atoms with van der Waals surface area (Å²) in [5, 5.41) is 0. The van der Waals surface area contributed by atoms with Crippen LogP contribution in [0.25, 0.3) is 0 Å². The van der Waals surface area contributed by atoms with Gasteiger partial charge in [-0.3, -0.25) is 9.59 Å². The molecule has 0 aromatic heterocycles. The van der Waals surface area contributed by atoms with Gasteiger partial charge >= 0.3 is 11.9 Å². The number of hydrogen-bond donors (Lipinski definition) is 0. The molecule has 0 aliphatic carbocycles. The summed E-state index contributed by atoms with van der Waals surface area (Å²) in [5.74, 6) is -0.632. The molecule has 0 aliphatic heterocycles. The van der Waals surface area contributed by atoms with Gasteiger partial charge in [-0.1, -0.05) is 77.4 Å². The third-order valence-electron chi connectivity index (χ3n) is 3.99. The van der Waals surface area contributed by atoms with Crippen LogP contribution in [0.5, 0.6) is 0 Å². The molecule has 0 heterocycles. The lowest BCUT2D eigenvalue weighted by molar-refractivity contribution is -0.150. The Kier molecular flexibility index (Phi) is 18.0. The van der Waals surface area contributed by atoms with Gasteiger partial charge < -0.3 is 9.47 Å². The Bertz CT molecular complexity index is 350. The normalized spacial score (nSPS) is 11.0. The molecule has 0 atom stereocenters. The number of unbranched alkanes of at least 4 members (excludes halogenated alkanes) is 8. The maximum atomic E-state index is 11.6. The van der Waals surface area contributed by atoms with E-state index in [1.165, 1.54) is 44.9 Å². The monoisotopic (exact) mass is 354 g/mol. The first kappa shape index (κ1) is 23.7. The molecule has 0 N–H and O–H groups in total. The molecule has 0 saturated carbocycles. The van der Waals surface area contributed by atoms with Crippen LogP contribution in [0.2, 0.25) is 0 Å². The van der Waals surface area contributed by atoms with Crippen molar-refractivity contribution in [3.63, 3.8) is 0 Å². The Balaban J connectivity index is 3.35. The molecule has 0 rings (SSSR count). The first-order valence-electron chi connectivity index (χ1n) is 10.2. The molecule has 0 aliphatic rings. The highest BCUT2D eigenvalue weighted by molar-refractivity contribution is 5.77. The second-order valence-corrected chi connectivity index (χ2v) is 6.44. The Morgan fingerprint density at radius 3 is 1.76 bits per heavy atom. The summed E-state index contributed by atoms with van der Waals surface area (Å²) < 4.78 is 10.2. The van der Waals surface area contributed by atoms with Crippen LogP contribution in [-0.2, 0) is 19.1 Å². The quantitative estimate of drug-likeness (QED) is 0.190. The van der Waals surface area contributed by atoms with Crippen LogP contribution >= 0.6 is 0 Å². The maximum Gasteiger partial charge on any atom is 0.306 e. The zero-order chi connectivity index (χ0) is 18.6. The maximum absolute atomic E-state index is 11.6. The molecule has 0 saturated heterocycles. The molecule has 0 amide bonds. The van der Waals surface area contributed by atoms with Crippen molar-refractivity contribution in [3.8, 4) is 0 Å². The number of esters is 2. The molecule has 0 aromatic rings. The van der Waals surface area contributed by atoms with Crippen LogP contribution in [0.4, 0.5) is 0 Å². The predicted octanol–water partition coefficient (Wildman–Crippen LogP) is 5.74.